The zero-order valence-corrected chi connectivity index (χ0v) is 33.8. The number of nitrogens with zero attached hydrogens (tertiary/aromatic N) is 5. The number of H-pyrrole nitrogens is 2. The molecule has 1 aromatic carbocycles. The monoisotopic (exact) mass is 901 g/mol. The van der Waals surface area contributed by atoms with Crippen molar-refractivity contribution < 1.29 is 77.3 Å². The molecule has 3 unspecified atom stereocenters. The summed E-state index contributed by atoms with van der Waals surface area (Å²) in [5, 5.41) is 66.6. The van der Waals surface area contributed by atoms with E-state index in [1.165, 1.54) is 15.8 Å². The average molecular weight is 902 g/mol. The van der Waals surface area contributed by atoms with Crippen LogP contribution in [0.1, 0.15) is 30.2 Å². The number of aromatic nitrogens is 6. The molecule has 0 amide bonds. The number of carbonyl (C=O) groups is 1. The van der Waals surface area contributed by atoms with E-state index in [4.69, 9.17) is 15.0 Å². The number of nitrogens with two attached hydrogens (primary N) is 1. The molecule has 14 N–H and O–H groups in total. The molecule has 0 radical (unpaired) electrons. The molecule has 0 spiro atoms. The Bertz CT molecular complexity index is 2540. The Kier molecular flexibility index (Phi) is 12.4. The number of ether oxygens (including phenoxy) is 1. The van der Waals surface area contributed by atoms with Crippen LogP contribution in [0.3, 0.4) is 0 Å². The summed E-state index contributed by atoms with van der Waals surface area (Å²) < 4.78 is 45.8. The van der Waals surface area contributed by atoms with Crippen molar-refractivity contribution >= 4 is 61.5 Å². The molecule has 0 saturated carbocycles. The Hall–Kier alpha value is -4.54. The number of benzene rings is 1. The van der Waals surface area contributed by atoms with Gasteiger partial charge in [0.2, 0.25) is 5.69 Å². The minimum absolute atomic E-state index is 0.0202. The first-order chi connectivity index (χ1) is 28.7. The topological polar surface area (TPSA) is 405 Å². The minimum atomic E-state index is -5.60. The fraction of sp³-hybridized carbons (Fsp3) is 0.500. The summed E-state index contributed by atoms with van der Waals surface area (Å²) in [6.07, 6.45) is -10.3. The van der Waals surface area contributed by atoms with Gasteiger partial charge in [-0.3, -0.25) is 38.5 Å². The molecule has 2 fully saturated rings. The molecule has 61 heavy (non-hydrogen) atoms. The summed E-state index contributed by atoms with van der Waals surface area (Å²) >= 11 is 0. The Morgan fingerprint density at radius 1 is 1.02 bits per heavy atom. The molecular formula is C32H43N10O17P2+. The highest BCUT2D eigenvalue weighted by atomic mass is 31.3. The van der Waals surface area contributed by atoms with E-state index in [9.17, 15) is 63.9 Å². The summed E-state index contributed by atoms with van der Waals surface area (Å²) in [7, 11) is -11.1. The predicted octanol–water partition coefficient (Wildman–Crippen LogP) is -3.48. The van der Waals surface area contributed by atoms with E-state index in [1.807, 2.05) is 0 Å². The highest BCUT2D eigenvalue weighted by Crippen LogP contribution is 2.60. The smallest absolute Gasteiger partial charge is 0.480 e. The number of nitrogen functional groups attached to an aromatic ring is 1. The van der Waals surface area contributed by atoms with Crippen molar-refractivity contribution in [2.24, 2.45) is 0 Å². The van der Waals surface area contributed by atoms with Crippen LogP contribution >= 0.6 is 15.6 Å². The number of aliphatic hydroxyl groups excluding tert-OH is 5. The molecule has 0 aliphatic carbocycles. The lowest BCUT2D eigenvalue weighted by Gasteiger charge is -2.38. The minimum Gasteiger partial charge on any atom is -0.480 e. The van der Waals surface area contributed by atoms with E-state index in [0.717, 1.165) is 17.5 Å². The third-order valence-electron chi connectivity index (χ3n) is 10.6. The van der Waals surface area contributed by atoms with Gasteiger partial charge >= 0.3 is 32.9 Å². The van der Waals surface area contributed by atoms with E-state index in [1.54, 1.807) is 26.0 Å². The molecular weight excluding hydrogens is 858 g/mol. The average Bonchev–Trinajstić information content (AvgIpc) is 3.92. The van der Waals surface area contributed by atoms with E-state index in [2.05, 4.69) is 39.1 Å². The number of aromatic amines is 2. The first-order valence-corrected chi connectivity index (χ1v) is 21.4. The van der Waals surface area contributed by atoms with Gasteiger partial charge in [0.05, 0.1) is 26.1 Å². The number of aliphatic carboxylic acids is 1. The second kappa shape index (κ2) is 17.0. The Morgan fingerprint density at radius 3 is 2.43 bits per heavy atom. The first-order valence-electron chi connectivity index (χ1n) is 18.4. The third kappa shape index (κ3) is 8.90. The number of carboxylic acids is 1. The Balaban J connectivity index is 0.997. The number of phosphoric ester groups is 2. The number of carboxylic acid groups (broad SMARTS) is 1. The maximum Gasteiger partial charge on any atom is 0.481 e. The van der Waals surface area contributed by atoms with Gasteiger partial charge in [-0.25, -0.2) is 33.8 Å². The molecule has 3 aliphatic heterocycles. The van der Waals surface area contributed by atoms with Gasteiger partial charge < -0.3 is 55.8 Å². The molecule has 7 rings (SSSR count). The van der Waals surface area contributed by atoms with Gasteiger partial charge in [-0.05, 0) is 37.5 Å². The number of β-amino-alcohol motifs (C(OH)–C–C–N with tert-alkyl or cyclic N) is 1. The van der Waals surface area contributed by atoms with E-state index in [-0.39, 0.29) is 34.9 Å². The van der Waals surface area contributed by atoms with Crippen LogP contribution in [-0.4, -0.2) is 144 Å². The van der Waals surface area contributed by atoms with Crippen molar-refractivity contribution in [3.8, 4) is 0 Å². The summed E-state index contributed by atoms with van der Waals surface area (Å²) in [6.45, 7) is 0.728. The van der Waals surface area contributed by atoms with Crippen molar-refractivity contribution in [2.75, 3.05) is 30.4 Å². The second-order valence-electron chi connectivity index (χ2n) is 14.7. The van der Waals surface area contributed by atoms with Crippen molar-refractivity contribution in [3.05, 3.63) is 56.8 Å². The van der Waals surface area contributed by atoms with E-state index >= 15 is 0 Å². The number of hydrogen-bond donors (Lipinski definition) is 13. The number of rotatable bonds is 15. The number of nitrogens with one attached hydrogen (secondary N) is 4. The number of anilines is 3. The molecule has 4 aromatic rings. The number of hydrogen-bond acceptors (Lipinski definition) is 20. The van der Waals surface area contributed by atoms with Crippen LogP contribution in [0, 0.1) is 13.8 Å². The lowest BCUT2D eigenvalue weighted by Crippen LogP contribution is -3.10. The number of phosphoric acid groups is 2. The normalized spacial score (nSPS) is 27.2. The second-order valence-corrected chi connectivity index (χ2v) is 17.7. The first kappa shape index (κ1) is 44.5. The van der Waals surface area contributed by atoms with Gasteiger partial charge in [0.15, 0.2) is 35.4 Å². The van der Waals surface area contributed by atoms with Crippen LogP contribution in [0.4, 0.5) is 28.7 Å². The SMILES string of the molecule is Cc1cc2c(cc1C)[NH+]([C@@H]1CC[C@@H](C(=O)O)N1)c1c([nH]c(=O)[nH]c1=O)N2C[C@H](O)[C@H](O)[C@H](O)COP(=O)(O)OP(=O)(O)OC[C@H]1O[C@@H](n2cnc3c(N)ncnc32)[C@H](O)[C@@H]1O. The van der Waals surface area contributed by atoms with Crippen molar-refractivity contribution in [2.45, 2.75) is 81.7 Å². The van der Waals surface area contributed by atoms with Crippen LogP contribution in [0.25, 0.3) is 11.2 Å². The highest BCUT2D eigenvalue weighted by molar-refractivity contribution is 7.61. The lowest BCUT2D eigenvalue weighted by atomic mass is 10.0. The van der Waals surface area contributed by atoms with Gasteiger partial charge in [-0.1, -0.05) is 0 Å². The summed E-state index contributed by atoms with van der Waals surface area (Å²) in [4.78, 5) is 76.5. The van der Waals surface area contributed by atoms with Crippen molar-refractivity contribution in [1.82, 2.24) is 34.8 Å². The zero-order chi connectivity index (χ0) is 44.3. The number of aliphatic hydroxyl groups is 5. The van der Waals surface area contributed by atoms with Gasteiger partial charge in [-0.2, -0.15) is 4.31 Å². The molecule has 27 nitrogen and oxygen atoms in total. The van der Waals surface area contributed by atoms with Crippen LogP contribution in [0.15, 0.2) is 34.4 Å². The molecule has 0 bridgehead atoms. The molecule has 6 heterocycles. The van der Waals surface area contributed by atoms with Crippen molar-refractivity contribution in [1.29, 1.82) is 0 Å². The lowest BCUT2D eigenvalue weighted by molar-refractivity contribution is -0.795. The number of aryl methyl sites for hydroxylation is 2. The summed E-state index contributed by atoms with van der Waals surface area (Å²) in [6, 6.07) is 2.53. The van der Waals surface area contributed by atoms with Gasteiger partial charge in [0, 0.05) is 12.5 Å². The fourth-order valence-corrected chi connectivity index (χ4v) is 9.55. The maximum atomic E-state index is 13.4. The molecule has 3 aromatic heterocycles. The fourth-order valence-electron chi connectivity index (χ4n) is 7.46. The van der Waals surface area contributed by atoms with Crippen molar-refractivity contribution in [3.63, 3.8) is 0 Å². The quantitative estimate of drug-likeness (QED) is 0.0515. The van der Waals surface area contributed by atoms with Crippen LogP contribution < -0.4 is 32.1 Å². The predicted molar refractivity (Wildman–Crippen MR) is 205 cm³/mol. The van der Waals surface area contributed by atoms with E-state index < -0.39 is 108 Å². The van der Waals surface area contributed by atoms with Gasteiger partial charge in [0.25, 0.3) is 0 Å². The summed E-state index contributed by atoms with van der Waals surface area (Å²) in [5.41, 5.74) is 6.60. The van der Waals surface area contributed by atoms with Crippen LogP contribution in [-0.2, 0) is 32.0 Å². The molecule has 2 saturated heterocycles. The van der Waals surface area contributed by atoms with E-state index in [0.29, 0.717) is 22.7 Å². The standard InChI is InChI=1S/C32H42N10O17P2/c1-12-5-15-16(6-13(12)2)42(20-4-3-14(37-20)31(49)50)22-28(38-32(51)39-29(22)48)40(15)7-17(43)23(45)18(44)8-56-60(52,53)59-61(54,55)57-9-19-24(46)25(47)30(58-19)41-11-36-21-26(33)34-10-35-27(21)41/h5-6,10-11,14,17-20,23-25,30,37,43-47H,3-4,7-9H2,1-2H3,(H,49,50)(H,52,53)(H,54,55)(H2,33,34,35)(H2,38,39,48,51)/p+1/t14-,17-,18+,19+,20+,23-,24+,25+,30+/m0/s1. The molecule has 29 heteroatoms. The molecule has 3 aliphatic rings. The largest absolute Gasteiger partial charge is 0.481 e. The zero-order valence-electron chi connectivity index (χ0n) is 32.0. The Morgan fingerprint density at radius 2 is 1.72 bits per heavy atom. The summed E-state index contributed by atoms with van der Waals surface area (Å²) in [5.74, 6) is -1.18. The Labute approximate surface area is 342 Å². The van der Waals surface area contributed by atoms with Gasteiger partial charge in [0.1, 0.15) is 60.2 Å². The number of imidazole rings is 1. The van der Waals surface area contributed by atoms with Crippen LogP contribution in [0.2, 0.25) is 0 Å². The highest BCUT2D eigenvalue weighted by Gasteiger charge is 2.48. The number of quaternary nitrogens is 1. The van der Waals surface area contributed by atoms with Gasteiger partial charge in [-0.15, -0.1) is 0 Å². The third-order valence-corrected chi connectivity index (χ3v) is 13.2. The van der Waals surface area contributed by atoms with Crippen LogP contribution in [0.5, 0.6) is 0 Å². The maximum absolute atomic E-state index is 13.4. The molecule has 332 valence electrons. The molecule has 12 atom stereocenters. The number of fused-ring (bicyclic) bond motifs is 3.